The van der Waals surface area contributed by atoms with Crippen LogP contribution in [0.1, 0.15) is 239 Å². The van der Waals surface area contributed by atoms with Crippen molar-refractivity contribution in [3.8, 4) is 0 Å². The molecule has 0 bridgehead atoms. The van der Waals surface area contributed by atoms with Crippen LogP contribution in [0.4, 0.5) is 0 Å². The van der Waals surface area contributed by atoms with Gasteiger partial charge in [0.1, 0.15) is 6.10 Å². The van der Waals surface area contributed by atoms with Gasteiger partial charge in [-0.05, 0) is 70.6 Å². The van der Waals surface area contributed by atoms with Crippen molar-refractivity contribution in [2.75, 3.05) is 6.61 Å². The zero-order chi connectivity index (χ0) is 40.1. The van der Waals surface area contributed by atoms with Crippen molar-refractivity contribution in [2.45, 2.75) is 257 Å². The maximum Gasteiger partial charge on any atom is 0.249 e. The lowest BCUT2D eigenvalue weighted by Crippen LogP contribution is -2.48. The van der Waals surface area contributed by atoms with Gasteiger partial charge < -0.3 is 20.6 Å². The molecule has 0 aliphatic rings. The predicted octanol–water partition coefficient (Wildman–Crippen LogP) is 14.1. The standard InChI is InChI=1S/C50H93NO4/c1-3-5-7-9-11-13-15-17-19-21-23-24-25-26-27-29-30-32-34-36-38-40-42-44-48(53)47(46-52)51-50(55)49(54)45-43-41-39-37-35-33-31-28-22-20-18-16-14-12-10-8-6-4-2/h22,27-29,34,36,42,44,47-49,52-54H,3-21,23-26,30-33,35,37-41,43,45-46H2,1-2H3,(H,51,55)/b28-22-,29-27+,36-34+,44-42+. The minimum Gasteiger partial charge on any atom is -0.394 e. The third-order valence-electron chi connectivity index (χ3n) is 10.9. The number of allylic oxidation sites excluding steroid dienone is 7. The van der Waals surface area contributed by atoms with E-state index >= 15 is 0 Å². The Kier molecular flexibility index (Phi) is 43.6. The van der Waals surface area contributed by atoms with Crippen LogP contribution in [0.5, 0.6) is 0 Å². The number of hydrogen-bond acceptors (Lipinski definition) is 4. The minimum absolute atomic E-state index is 0.384. The molecule has 0 saturated heterocycles. The molecular weight excluding hydrogens is 679 g/mol. The number of carbonyl (C=O) groups is 1. The van der Waals surface area contributed by atoms with Gasteiger partial charge in [-0.2, -0.15) is 0 Å². The topological polar surface area (TPSA) is 89.8 Å². The summed E-state index contributed by atoms with van der Waals surface area (Å²) in [6.07, 6.45) is 58.7. The summed E-state index contributed by atoms with van der Waals surface area (Å²) in [6.45, 7) is 4.17. The molecule has 55 heavy (non-hydrogen) atoms. The highest BCUT2D eigenvalue weighted by atomic mass is 16.3. The van der Waals surface area contributed by atoms with Crippen molar-refractivity contribution >= 4 is 5.91 Å². The normalized spacial score (nSPS) is 13.9. The van der Waals surface area contributed by atoms with E-state index in [9.17, 15) is 20.1 Å². The first-order chi connectivity index (χ1) is 27.1. The molecule has 0 heterocycles. The number of carbonyl (C=O) groups excluding carboxylic acids is 1. The van der Waals surface area contributed by atoms with Gasteiger partial charge >= 0.3 is 0 Å². The Morgan fingerprint density at radius 3 is 1.11 bits per heavy atom. The van der Waals surface area contributed by atoms with E-state index in [-0.39, 0.29) is 6.61 Å². The molecule has 0 rings (SSSR count). The fourth-order valence-corrected chi connectivity index (χ4v) is 7.09. The molecule has 4 N–H and O–H groups in total. The summed E-state index contributed by atoms with van der Waals surface area (Å²) in [5.74, 6) is -0.522. The maximum absolute atomic E-state index is 12.5. The van der Waals surface area contributed by atoms with E-state index in [0.717, 1.165) is 51.4 Å². The number of nitrogens with one attached hydrogen (secondary N) is 1. The van der Waals surface area contributed by atoms with Crippen LogP contribution in [0.2, 0.25) is 0 Å². The highest BCUT2D eigenvalue weighted by Gasteiger charge is 2.22. The number of unbranched alkanes of at least 4 members (excludes halogenated alkanes) is 29. The molecule has 0 fully saturated rings. The first-order valence-electron chi connectivity index (χ1n) is 24.0. The van der Waals surface area contributed by atoms with Crippen molar-refractivity contribution < 1.29 is 20.1 Å². The minimum atomic E-state index is -1.12. The lowest BCUT2D eigenvalue weighted by atomic mass is 10.0. The van der Waals surface area contributed by atoms with E-state index in [2.05, 4.69) is 55.6 Å². The molecule has 0 aromatic heterocycles. The van der Waals surface area contributed by atoms with Gasteiger partial charge in [-0.1, -0.05) is 217 Å². The van der Waals surface area contributed by atoms with Gasteiger partial charge in [0.25, 0.3) is 0 Å². The molecule has 5 heteroatoms. The van der Waals surface area contributed by atoms with Crippen LogP contribution in [0, 0.1) is 0 Å². The number of hydrogen-bond donors (Lipinski definition) is 4. The van der Waals surface area contributed by atoms with E-state index < -0.39 is 24.2 Å². The van der Waals surface area contributed by atoms with Crippen LogP contribution in [-0.2, 0) is 4.79 Å². The van der Waals surface area contributed by atoms with Gasteiger partial charge in [-0.25, -0.2) is 0 Å². The van der Waals surface area contributed by atoms with Crippen LogP contribution >= 0.6 is 0 Å². The molecule has 0 radical (unpaired) electrons. The van der Waals surface area contributed by atoms with Crippen molar-refractivity contribution in [3.63, 3.8) is 0 Å². The summed E-state index contributed by atoms with van der Waals surface area (Å²) < 4.78 is 0. The monoisotopic (exact) mass is 772 g/mol. The van der Waals surface area contributed by atoms with Gasteiger partial charge in [0.2, 0.25) is 5.91 Å². The molecule has 3 atom stereocenters. The van der Waals surface area contributed by atoms with Gasteiger partial charge in [-0.3, -0.25) is 4.79 Å². The smallest absolute Gasteiger partial charge is 0.249 e. The predicted molar refractivity (Wildman–Crippen MR) is 241 cm³/mol. The molecule has 0 saturated carbocycles. The lowest BCUT2D eigenvalue weighted by Gasteiger charge is -2.21. The summed E-state index contributed by atoms with van der Waals surface area (Å²) in [5.41, 5.74) is 0. The number of rotatable bonds is 43. The average molecular weight is 772 g/mol. The molecule has 0 spiro atoms. The number of aliphatic hydroxyl groups excluding tert-OH is 3. The Balaban J connectivity index is 3.73. The molecule has 5 nitrogen and oxygen atoms in total. The first kappa shape index (κ1) is 53.3. The fraction of sp³-hybridized carbons (Fsp3) is 0.820. The van der Waals surface area contributed by atoms with Gasteiger partial charge in [0.15, 0.2) is 0 Å². The summed E-state index contributed by atoms with van der Waals surface area (Å²) in [6, 6.07) is -0.824. The second kappa shape index (κ2) is 45.0. The third kappa shape index (κ3) is 40.3. The lowest BCUT2D eigenvalue weighted by molar-refractivity contribution is -0.131. The van der Waals surface area contributed by atoms with Crippen LogP contribution in [0.3, 0.4) is 0 Å². The second-order valence-corrected chi connectivity index (χ2v) is 16.3. The molecular formula is C50H93NO4. The molecule has 0 aliphatic heterocycles. The fourth-order valence-electron chi connectivity index (χ4n) is 7.09. The summed E-state index contributed by atoms with van der Waals surface area (Å²) in [5, 5.41) is 33.2. The van der Waals surface area contributed by atoms with E-state index in [4.69, 9.17) is 0 Å². The second-order valence-electron chi connectivity index (χ2n) is 16.3. The van der Waals surface area contributed by atoms with Crippen molar-refractivity contribution in [2.24, 2.45) is 0 Å². The van der Waals surface area contributed by atoms with Crippen LogP contribution in [0.25, 0.3) is 0 Å². The molecule has 3 unspecified atom stereocenters. The van der Waals surface area contributed by atoms with Crippen LogP contribution < -0.4 is 5.32 Å². The highest BCUT2D eigenvalue weighted by molar-refractivity contribution is 5.80. The molecule has 322 valence electrons. The molecule has 0 aromatic rings. The third-order valence-corrected chi connectivity index (χ3v) is 10.9. The van der Waals surface area contributed by atoms with Gasteiger partial charge in [0.05, 0.1) is 18.8 Å². The average Bonchev–Trinajstić information content (AvgIpc) is 3.19. The maximum atomic E-state index is 12.5. The number of aliphatic hydroxyl groups is 3. The highest BCUT2D eigenvalue weighted by Crippen LogP contribution is 2.15. The Bertz CT molecular complexity index is 896. The zero-order valence-electron chi connectivity index (χ0n) is 36.6. The summed E-state index contributed by atoms with van der Waals surface area (Å²) >= 11 is 0. The Morgan fingerprint density at radius 1 is 0.436 bits per heavy atom. The Hall–Kier alpha value is -1.69. The van der Waals surface area contributed by atoms with Crippen molar-refractivity contribution in [1.82, 2.24) is 5.32 Å². The molecule has 0 aromatic carbocycles. The summed E-state index contributed by atoms with van der Waals surface area (Å²) in [7, 11) is 0. The van der Waals surface area contributed by atoms with E-state index in [1.165, 1.54) is 167 Å². The molecule has 1 amide bonds. The van der Waals surface area contributed by atoms with Crippen LogP contribution in [0.15, 0.2) is 48.6 Å². The Morgan fingerprint density at radius 2 is 0.745 bits per heavy atom. The van der Waals surface area contributed by atoms with Crippen molar-refractivity contribution in [1.29, 1.82) is 0 Å². The van der Waals surface area contributed by atoms with Gasteiger partial charge in [0, 0.05) is 0 Å². The van der Waals surface area contributed by atoms with Gasteiger partial charge in [-0.15, -0.1) is 0 Å². The SMILES string of the molecule is CCCCCCCCCC/C=C\CCCCCCCCC(O)C(=O)NC(CO)C(O)/C=C/CC/C=C/CC/C=C/CCCCCCCCCCCCCCC. The van der Waals surface area contributed by atoms with Crippen molar-refractivity contribution in [3.05, 3.63) is 48.6 Å². The first-order valence-corrected chi connectivity index (χ1v) is 24.0. The Labute approximate surface area is 342 Å². The quantitative estimate of drug-likeness (QED) is 0.0367. The summed E-state index contributed by atoms with van der Waals surface area (Å²) in [4.78, 5) is 12.5. The number of amides is 1. The zero-order valence-corrected chi connectivity index (χ0v) is 36.6. The van der Waals surface area contributed by atoms with Crippen LogP contribution in [-0.4, -0.2) is 46.1 Å². The largest absolute Gasteiger partial charge is 0.394 e. The van der Waals surface area contributed by atoms with E-state index in [1.54, 1.807) is 6.08 Å². The van der Waals surface area contributed by atoms with E-state index in [1.807, 2.05) is 6.08 Å². The molecule has 0 aliphatic carbocycles. The van der Waals surface area contributed by atoms with E-state index in [0.29, 0.717) is 6.42 Å².